The summed E-state index contributed by atoms with van der Waals surface area (Å²) in [6.45, 7) is 9.11. The van der Waals surface area contributed by atoms with Crippen LogP contribution < -0.4 is 4.90 Å². The normalized spacial score (nSPS) is 12.7. The number of aryl methyl sites for hydroxylation is 2. The molecule has 1 aliphatic carbocycles. The van der Waals surface area contributed by atoms with Crippen LogP contribution in [0.25, 0.3) is 72.0 Å². The number of nitrogens with zero attached hydrogens (tertiary/aromatic N) is 2. The van der Waals surface area contributed by atoms with Gasteiger partial charge in [0.2, 0.25) is 0 Å². The predicted molar refractivity (Wildman–Crippen MR) is 259 cm³/mol. The molecule has 10 aromatic rings. The molecular formula is C59H46N2. The Morgan fingerprint density at radius 2 is 0.852 bits per heavy atom. The summed E-state index contributed by atoms with van der Waals surface area (Å²) in [5, 5.41) is 2.56. The molecule has 1 aliphatic rings. The number of aromatic nitrogens is 1. The fraction of sp³-hybridized carbons (Fsp3) is 0.0847. The summed E-state index contributed by atoms with van der Waals surface area (Å²) in [6, 6.07) is 76.1. The van der Waals surface area contributed by atoms with Gasteiger partial charge >= 0.3 is 0 Å². The number of fused-ring (bicyclic) bond motifs is 6. The minimum Gasteiger partial charge on any atom is -0.310 e. The number of hydrogen-bond donors (Lipinski definition) is 0. The first-order valence-electron chi connectivity index (χ1n) is 21.3. The van der Waals surface area contributed by atoms with Gasteiger partial charge < -0.3 is 9.47 Å². The highest BCUT2D eigenvalue weighted by Gasteiger charge is 2.36. The Labute approximate surface area is 358 Å². The molecule has 0 unspecified atom stereocenters. The summed E-state index contributed by atoms with van der Waals surface area (Å²) in [5.41, 5.74) is 21.9. The van der Waals surface area contributed by atoms with Gasteiger partial charge in [0.25, 0.3) is 0 Å². The first-order chi connectivity index (χ1) is 29.8. The van der Waals surface area contributed by atoms with E-state index in [-0.39, 0.29) is 5.41 Å². The van der Waals surface area contributed by atoms with E-state index in [1.54, 1.807) is 0 Å². The summed E-state index contributed by atoms with van der Waals surface area (Å²) in [7, 11) is 0. The van der Waals surface area contributed by atoms with E-state index in [4.69, 9.17) is 0 Å². The fourth-order valence-corrected chi connectivity index (χ4v) is 9.89. The highest BCUT2D eigenvalue weighted by atomic mass is 15.1. The van der Waals surface area contributed by atoms with Gasteiger partial charge in [-0.15, -0.1) is 0 Å². The van der Waals surface area contributed by atoms with Crippen molar-refractivity contribution in [3.05, 3.63) is 229 Å². The van der Waals surface area contributed by atoms with Crippen molar-refractivity contribution in [1.82, 2.24) is 4.57 Å². The van der Waals surface area contributed by atoms with Crippen LogP contribution in [0.1, 0.15) is 36.1 Å². The smallest absolute Gasteiger partial charge is 0.0541 e. The molecule has 0 saturated heterocycles. The van der Waals surface area contributed by atoms with E-state index < -0.39 is 0 Å². The van der Waals surface area contributed by atoms with Crippen LogP contribution in [0.15, 0.2) is 206 Å². The van der Waals surface area contributed by atoms with Gasteiger partial charge in [-0.05, 0) is 130 Å². The molecule has 0 radical (unpaired) electrons. The molecule has 2 heteroatoms. The molecule has 2 nitrogen and oxygen atoms in total. The van der Waals surface area contributed by atoms with Crippen LogP contribution in [0, 0.1) is 13.8 Å². The molecule has 9 aromatic carbocycles. The maximum atomic E-state index is 2.44. The maximum Gasteiger partial charge on any atom is 0.0541 e. The molecule has 1 aromatic heterocycles. The monoisotopic (exact) mass is 782 g/mol. The quantitative estimate of drug-likeness (QED) is 0.156. The summed E-state index contributed by atoms with van der Waals surface area (Å²) in [5.74, 6) is 0. The van der Waals surface area contributed by atoms with E-state index in [0.29, 0.717) is 0 Å². The van der Waals surface area contributed by atoms with Gasteiger partial charge in [0, 0.05) is 38.9 Å². The van der Waals surface area contributed by atoms with Crippen molar-refractivity contribution in [1.29, 1.82) is 0 Å². The highest BCUT2D eigenvalue weighted by Crippen LogP contribution is 2.52. The molecule has 0 spiro atoms. The third-order valence-electron chi connectivity index (χ3n) is 12.8. The highest BCUT2D eigenvalue weighted by molar-refractivity contribution is 6.09. The Bertz CT molecular complexity index is 3200. The molecule has 0 amide bonds. The van der Waals surface area contributed by atoms with Crippen molar-refractivity contribution in [2.45, 2.75) is 33.1 Å². The Morgan fingerprint density at radius 1 is 0.361 bits per heavy atom. The van der Waals surface area contributed by atoms with E-state index in [0.717, 1.165) is 17.1 Å². The fourth-order valence-electron chi connectivity index (χ4n) is 9.89. The van der Waals surface area contributed by atoms with Crippen molar-refractivity contribution in [3.63, 3.8) is 0 Å². The molecule has 0 bridgehead atoms. The number of rotatable bonds is 7. The van der Waals surface area contributed by atoms with Crippen LogP contribution in [0.2, 0.25) is 0 Å². The largest absolute Gasteiger partial charge is 0.310 e. The molecule has 61 heavy (non-hydrogen) atoms. The second kappa shape index (κ2) is 14.4. The van der Waals surface area contributed by atoms with Gasteiger partial charge in [-0.25, -0.2) is 0 Å². The number of benzene rings is 9. The molecule has 0 aliphatic heterocycles. The zero-order chi connectivity index (χ0) is 41.2. The molecule has 1 heterocycles. The van der Waals surface area contributed by atoms with Crippen LogP contribution in [0.3, 0.4) is 0 Å². The SMILES string of the molecule is Cc1cc(C)cc(-c2ccc(-c3cccc(N(c4ccc(-c5ccccc5)cc4)c4ccc5c(c4)C(C)(C)c4cc(-n6c7ccccc7c7ccccc76)ccc4-5)c3)cc2)c1. The first kappa shape index (κ1) is 36.6. The summed E-state index contributed by atoms with van der Waals surface area (Å²) in [4.78, 5) is 2.42. The molecule has 0 atom stereocenters. The third kappa shape index (κ3) is 6.26. The molecule has 0 N–H and O–H groups in total. The summed E-state index contributed by atoms with van der Waals surface area (Å²) >= 11 is 0. The minimum atomic E-state index is -0.224. The van der Waals surface area contributed by atoms with Gasteiger partial charge in [0.1, 0.15) is 0 Å². The van der Waals surface area contributed by atoms with E-state index in [1.807, 2.05) is 0 Å². The van der Waals surface area contributed by atoms with Crippen molar-refractivity contribution >= 4 is 38.9 Å². The summed E-state index contributed by atoms with van der Waals surface area (Å²) < 4.78 is 2.43. The number of hydrogen-bond acceptors (Lipinski definition) is 1. The lowest BCUT2D eigenvalue weighted by Gasteiger charge is -2.28. The number of anilines is 3. The van der Waals surface area contributed by atoms with Crippen LogP contribution >= 0.6 is 0 Å². The first-order valence-corrected chi connectivity index (χ1v) is 21.3. The maximum absolute atomic E-state index is 2.44. The Kier molecular flexibility index (Phi) is 8.65. The standard InChI is InChI=1S/C59H46N2/c1-39-33-40(2)35-46(34-39)44-23-21-43(22-24-44)45-15-12-16-48(36-45)60(47-27-25-42(26-28-47)41-13-6-5-7-14-41)49-29-31-51-52-32-30-50(38-56(52)59(3,4)55(51)37-49)61-57-19-10-8-17-53(57)54-18-9-11-20-58(54)61/h5-38H,1-4H3. The third-order valence-corrected chi connectivity index (χ3v) is 12.8. The zero-order valence-electron chi connectivity index (χ0n) is 35.0. The van der Waals surface area contributed by atoms with E-state index in [2.05, 4.69) is 243 Å². The topological polar surface area (TPSA) is 8.17 Å². The van der Waals surface area contributed by atoms with Crippen LogP contribution in [-0.2, 0) is 5.41 Å². The lowest BCUT2D eigenvalue weighted by Crippen LogP contribution is -2.17. The molecular weight excluding hydrogens is 737 g/mol. The van der Waals surface area contributed by atoms with E-state index in [9.17, 15) is 0 Å². The van der Waals surface area contributed by atoms with E-state index in [1.165, 1.54) is 94.3 Å². The molecule has 0 saturated carbocycles. The molecule has 11 rings (SSSR count). The average molecular weight is 783 g/mol. The van der Waals surface area contributed by atoms with Crippen LogP contribution in [-0.4, -0.2) is 4.57 Å². The van der Waals surface area contributed by atoms with Crippen LogP contribution in [0.5, 0.6) is 0 Å². The van der Waals surface area contributed by atoms with Gasteiger partial charge in [-0.1, -0.05) is 171 Å². The molecule has 0 fully saturated rings. The van der Waals surface area contributed by atoms with Gasteiger partial charge in [-0.2, -0.15) is 0 Å². The second-order valence-electron chi connectivity index (χ2n) is 17.2. The molecule has 292 valence electrons. The average Bonchev–Trinajstić information content (AvgIpc) is 3.74. The predicted octanol–water partition coefficient (Wildman–Crippen LogP) is 16.2. The Hall–Kier alpha value is -7.42. The lowest BCUT2D eigenvalue weighted by molar-refractivity contribution is 0.660. The Morgan fingerprint density at radius 3 is 1.52 bits per heavy atom. The van der Waals surface area contributed by atoms with Crippen LogP contribution in [0.4, 0.5) is 17.1 Å². The van der Waals surface area contributed by atoms with Gasteiger partial charge in [0.15, 0.2) is 0 Å². The van der Waals surface area contributed by atoms with Crippen molar-refractivity contribution in [2.24, 2.45) is 0 Å². The zero-order valence-corrected chi connectivity index (χ0v) is 35.0. The van der Waals surface area contributed by atoms with E-state index >= 15 is 0 Å². The minimum absolute atomic E-state index is 0.224. The van der Waals surface area contributed by atoms with Crippen molar-refractivity contribution in [2.75, 3.05) is 4.90 Å². The van der Waals surface area contributed by atoms with Gasteiger partial charge in [-0.3, -0.25) is 0 Å². The Balaban J connectivity index is 1.00. The second-order valence-corrected chi connectivity index (χ2v) is 17.2. The van der Waals surface area contributed by atoms with Crippen molar-refractivity contribution < 1.29 is 0 Å². The van der Waals surface area contributed by atoms with Crippen molar-refractivity contribution in [3.8, 4) is 50.2 Å². The number of para-hydroxylation sites is 2. The lowest BCUT2D eigenvalue weighted by atomic mass is 9.82. The summed E-state index contributed by atoms with van der Waals surface area (Å²) in [6.07, 6.45) is 0. The van der Waals surface area contributed by atoms with Gasteiger partial charge in [0.05, 0.1) is 11.0 Å².